The van der Waals surface area contributed by atoms with E-state index < -0.39 is 36.6 Å². The van der Waals surface area contributed by atoms with Crippen LogP contribution in [0.4, 0.5) is 0 Å². The summed E-state index contributed by atoms with van der Waals surface area (Å²) in [6.45, 7) is 4.28. The van der Waals surface area contributed by atoms with E-state index in [0.717, 1.165) is 18.4 Å². The second-order valence-corrected chi connectivity index (χ2v) is 11.9. The van der Waals surface area contributed by atoms with E-state index >= 15 is 0 Å². The van der Waals surface area contributed by atoms with E-state index in [9.17, 15) is 19.5 Å². The summed E-state index contributed by atoms with van der Waals surface area (Å²) in [5.74, 6) is -1.40. The number of nitrogens with one attached hydrogen (secondary N) is 1. The first-order chi connectivity index (χ1) is 22.9. The maximum atomic E-state index is 13.5. The Bertz CT molecular complexity index is 1160. The van der Waals surface area contributed by atoms with Crippen LogP contribution in [0.1, 0.15) is 120 Å². The van der Waals surface area contributed by atoms with E-state index in [1.165, 1.54) is 84.2 Å². The van der Waals surface area contributed by atoms with Crippen LogP contribution in [0.2, 0.25) is 0 Å². The molecule has 0 saturated heterocycles. The number of ether oxygens (including phenoxy) is 4. The molecule has 0 unspecified atom stereocenters. The van der Waals surface area contributed by atoms with Crippen molar-refractivity contribution in [1.29, 1.82) is 0 Å². The smallest absolute Gasteiger partial charge is 0.344 e. The summed E-state index contributed by atoms with van der Waals surface area (Å²) >= 11 is 0. The van der Waals surface area contributed by atoms with E-state index in [1.54, 1.807) is 25.1 Å². The third-order valence-electron chi connectivity index (χ3n) is 8.05. The molecule has 0 aliphatic heterocycles. The molecule has 2 aromatic carbocycles. The first-order valence-electron chi connectivity index (χ1n) is 17.6. The zero-order valence-electron chi connectivity index (χ0n) is 28.8. The highest BCUT2D eigenvalue weighted by molar-refractivity contribution is 5.97. The first-order valence-corrected chi connectivity index (χ1v) is 17.6. The second-order valence-electron chi connectivity index (χ2n) is 11.9. The standard InChI is InChI=1S/C38H57NO8/c1-4-6-7-8-9-10-11-12-13-14-15-16-17-21-26-46-31-24-25-32(34(28-31)47-29-35(40)45-5-2)37(42)39-33(36(41)38(43)44-3)27-30-22-19-18-20-23-30/h18-20,22-25,28,33,36,41H,4-17,21,26-27,29H2,1-3H3,(H,39,42)/t33-,36+/m0/s1. The maximum Gasteiger partial charge on any atom is 0.344 e. The van der Waals surface area contributed by atoms with E-state index in [2.05, 4.69) is 12.2 Å². The van der Waals surface area contributed by atoms with E-state index in [0.29, 0.717) is 12.4 Å². The quantitative estimate of drug-likeness (QED) is 0.0797. The van der Waals surface area contributed by atoms with Crippen molar-refractivity contribution >= 4 is 17.8 Å². The van der Waals surface area contributed by atoms with Gasteiger partial charge in [-0.3, -0.25) is 4.79 Å². The molecule has 47 heavy (non-hydrogen) atoms. The van der Waals surface area contributed by atoms with Gasteiger partial charge in [0.1, 0.15) is 11.5 Å². The van der Waals surface area contributed by atoms with Gasteiger partial charge in [-0.15, -0.1) is 0 Å². The minimum absolute atomic E-state index is 0.119. The summed E-state index contributed by atoms with van der Waals surface area (Å²) in [6.07, 6.45) is 16.5. The van der Waals surface area contributed by atoms with Gasteiger partial charge in [0, 0.05) is 6.07 Å². The van der Waals surface area contributed by atoms with Crippen molar-refractivity contribution in [3.8, 4) is 11.5 Å². The molecule has 9 heteroatoms. The fraction of sp³-hybridized carbons (Fsp3) is 0.605. The van der Waals surface area contributed by atoms with E-state index in [-0.39, 0.29) is 24.3 Å². The highest BCUT2D eigenvalue weighted by atomic mass is 16.6. The summed E-state index contributed by atoms with van der Waals surface area (Å²) in [4.78, 5) is 37.7. The molecule has 262 valence electrons. The molecule has 0 fully saturated rings. The number of esters is 2. The van der Waals surface area contributed by atoms with Crippen LogP contribution in [0.15, 0.2) is 48.5 Å². The van der Waals surface area contributed by atoms with Gasteiger partial charge >= 0.3 is 11.9 Å². The molecule has 1 amide bonds. The van der Waals surface area contributed by atoms with Crippen molar-refractivity contribution in [2.45, 2.75) is 122 Å². The fourth-order valence-corrected chi connectivity index (χ4v) is 5.37. The summed E-state index contributed by atoms with van der Waals surface area (Å²) in [7, 11) is 1.17. The second kappa shape index (κ2) is 24.6. The Hall–Kier alpha value is -3.59. The van der Waals surface area contributed by atoms with Crippen molar-refractivity contribution in [2.24, 2.45) is 0 Å². The molecule has 2 rings (SSSR count). The lowest BCUT2D eigenvalue weighted by Crippen LogP contribution is -2.48. The molecule has 9 nitrogen and oxygen atoms in total. The van der Waals surface area contributed by atoms with E-state index in [1.807, 2.05) is 30.3 Å². The van der Waals surface area contributed by atoms with Gasteiger partial charge in [-0.25, -0.2) is 9.59 Å². The average Bonchev–Trinajstić information content (AvgIpc) is 3.08. The molecule has 0 aromatic heterocycles. The number of benzene rings is 2. The van der Waals surface area contributed by atoms with Gasteiger partial charge in [-0.1, -0.05) is 121 Å². The topological polar surface area (TPSA) is 120 Å². The lowest BCUT2D eigenvalue weighted by Gasteiger charge is -2.23. The summed E-state index contributed by atoms with van der Waals surface area (Å²) in [5, 5.41) is 13.4. The number of unbranched alkanes of at least 4 members (excludes halogenated alkanes) is 13. The number of hydrogen-bond acceptors (Lipinski definition) is 8. The van der Waals surface area contributed by atoms with Crippen LogP contribution in [-0.4, -0.2) is 62.0 Å². The zero-order valence-corrected chi connectivity index (χ0v) is 28.8. The highest BCUT2D eigenvalue weighted by Gasteiger charge is 2.30. The molecular formula is C38H57NO8. The predicted octanol–water partition coefficient (Wildman–Crippen LogP) is 7.36. The van der Waals surface area contributed by atoms with Crippen LogP contribution < -0.4 is 14.8 Å². The third-order valence-corrected chi connectivity index (χ3v) is 8.05. The highest BCUT2D eigenvalue weighted by Crippen LogP contribution is 2.26. The number of aliphatic hydroxyl groups is 1. The van der Waals surface area contributed by atoms with Crippen LogP contribution in [0.25, 0.3) is 0 Å². The molecule has 0 radical (unpaired) electrons. The SMILES string of the molecule is CCCCCCCCCCCCCCCCOc1ccc(C(=O)N[C@@H](Cc2ccccc2)[C@@H](O)C(=O)OC)c(OCC(=O)OCC)c1. The number of carbonyl (C=O) groups excluding carboxylic acids is 3. The molecule has 0 heterocycles. The van der Waals surface area contributed by atoms with Crippen molar-refractivity contribution in [3.05, 3.63) is 59.7 Å². The number of rotatable bonds is 26. The molecule has 2 aromatic rings. The Morgan fingerprint density at radius 1 is 0.766 bits per heavy atom. The molecule has 0 aliphatic carbocycles. The Kier molecular flexibility index (Phi) is 20.7. The Morgan fingerprint density at radius 3 is 1.94 bits per heavy atom. The van der Waals surface area contributed by atoms with Crippen molar-refractivity contribution in [1.82, 2.24) is 5.32 Å². The van der Waals surface area contributed by atoms with Gasteiger partial charge in [0.2, 0.25) is 0 Å². The molecule has 0 aliphatic rings. The Labute approximate surface area is 281 Å². The zero-order chi connectivity index (χ0) is 34.1. The molecular weight excluding hydrogens is 598 g/mol. The first kappa shape index (κ1) is 39.6. The number of methoxy groups -OCH3 is 1. The van der Waals surface area contributed by atoms with Gasteiger partial charge in [-0.05, 0) is 37.5 Å². The monoisotopic (exact) mass is 655 g/mol. The fourth-order valence-electron chi connectivity index (χ4n) is 5.37. The van der Waals surface area contributed by atoms with Crippen LogP contribution >= 0.6 is 0 Å². The van der Waals surface area contributed by atoms with Gasteiger partial charge in [0.15, 0.2) is 12.7 Å². The number of amides is 1. The maximum absolute atomic E-state index is 13.5. The van der Waals surface area contributed by atoms with Crippen LogP contribution in [-0.2, 0) is 25.5 Å². The van der Waals surface area contributed by atoms with Gasteiger partial charge in [0.25, 0.3) is 5.91 Å². The number of hydrogen-bond donors (Lipinski definition) is 2. The summed E-state index contributed by atoms with van der Waals surface area (Å²) in [6, 6.07) is 13.0. The Balaban J connectivity index is 1.90. The molecule has 0 bridgehead atoms. The minimum atomic E-state index is -1.60. The van der Waals surface area contributed by atoms with Gasteiger partial charge < -0.3 is 29.4 Å². The average molecular weight is 656 g/mol. The number of carbonyl (C=O) groups is 3. The molecule has 0 saturated carbocycles. The normalized spacial score (nSPS) is 12.2. The lowest BCUT2D eigenvalue weighted by molar-refractivity contribution is -0.151. The largest absolute Gasteiger partial charge is 0.493 e. The lowest BCUT2D eigenvalue weighted by atomic mass is 10.0. The van der Waals surface area contributed by atoms with Crippen molar-refractivity contribution in [3.63, 3.8) is 0 Å². The minimum Gasteiger partial charge on any atom is -0.493 e. The van der Waals surface area contributed by atoms with Crippen LogP contribution in [0, 0.1) is 0 Å². The predicted molar refractivity (Wildman–Crippen MR) is 184 cm³/mol. The third kappa shape index (κ3) is 16.7. The number of aliphatic hydroxyl groups excluding tert-OH is 1. The van der Waals surface area contributed by atoms with Crippen molar-refractivity contribution in [2.75, 3.05) is 26.9 Å². The molecule has 2 atom stereocenters. The van der Waals surface area contributed by atoms with Crippen LogP contribution in [0.5, 0.6) is 11.5 Å². The van der Waals surface area contributed by atoms with Gasteiger partial charge in [-0.2, -0.15) is 0 Å². The Morgan fingerprint density at radius 2 is 1.36 bits per heavy atom. The summed E-state index contributed by atoms with van der Waals surface area (Å²) in [5.41, 5.74) is 0.931. The van der Waals surface area contributed by atoms with Crippen molar-refractivity contribution < 1.29 is 38.4 Å². The molecule has 0 spiro atoms. The van der Waals surface area contributed by atoms with Crippen LogP contribution in [0.3, 0.4) is 0 Å². The van der Waals surface area contributed by atoms with Gasteiger partial charge in [0.05, 0.1) is 31.9 Å². The van der Waals surface area contributed by atoms with E-state index in [4.69, 9.17) is 18.9 Å². The summed E-state index contributed by atoms with van der Waals surface area (Å²) < 4.78 is 21.4. The molecule has 2 N–H and O–H groups in total.